The van der Waals surface area contributed by atoms with E-state index in [4.69, 9.17) is 5.73 Å². The van der Waals surface area contributed by atoms with Crippen molar-refractivity contribution >= 4 is 0 Å². The molecule has 168 valence electrons. The first-order valence-corrected chi connectivity index (χ1v) is 12.4. The second kappa shape index (κ2) is 13.8. The van der Waals surface area contributed by atoms with Crippen LogP contribution in [-0.4, -0.2) is 6.04 Å². The molecular weight excluding hydrogens is 338 g/mol. The molecule has 0 aromatic carbocycles. The highest BCUT2D eigenvalue weighted by atomic mass is 14.6. The third-order valence-corrected chi connectivity index (χ3v) is 6.72. The van der Waals surface area contributed by atoms with Crippen LogP contribution < -0.4 is 5.73 Å². The maximum atomic E-state index is 6.20. The van der Waals surface area contributed by atoms with E-state index < -0.39 is 0 Å². The second-order valence-electron chi connectivity index (χ2n) is 11.3. The minimum atomic E-state index is 0.212. The molecule has 0 saturated heterocycles. The molecule has 0 aliphatic carbocycles. The van der Waals surface area contributed by atoms with Crippen molar-refractivity contribution in [1.82, 2.24) is 0 Å². The van der Waals surface area contributed by atoms with E-state index in [1.807, 2.05) is 0 Å². The molecule has 0 aliphatic heterocycles. The van der Waals surface area contributed by atoms with Gasteiger partial charge in [-0.3, -0.25) is 0 Å². The Morgan fingerprint density at radius 2 is 1.43 bits per heavy atom. The highest BCUT2D eigenvalue weighted by Gasteiger charge is 2.30. The molecule has 28 heavy (non-hydrogen) atoms. The van der Waals surface area contributed by atoms with E-state index in [9.17, 15) is 0 Å². The van der Waals surface area contributed by atoms with Gasteiger partial charge in [-0.25, -0.2) is 0 Å². The van der Waals surface area contributed by atoms with Gasteiger partial charge in [0.15, 0.2) is 0 Å². The molecule has 0 rings (SSSR count). The van der Waals surface area contributed by atoms with E-state index in [1.165, 1.54) is 57.8 Å². The Labute approximate surface area is 179 Å². The lowest BCUT2D eigenvalue weighted by molar-refractivity contribution is 0.153. The van der Waals surface area contributed by atoms with Gasteiger partial charge in [0.1, 0.15) is 0 Å². The van der Waals surface area contributed by atoms with Gasteiger partial charge in [-0.1, -0.05) is 100 Å². The van der Waals surface area contributed by atoms with Crippen LogP contribution in [0.2, 0.25) is 0 Å². The fourth-order valence-corrected chi connectivity index (χ4v) is 5.35. The topological polar surface area (TPSA) is 26.0 Å². The summed E-state index contributed by atoms with van der Waals surface area (Å²) >= 11 is 0. The van der Waals surface area contributed by atoms with Gasteiger partial charge < -0.3 is 5.73 Å². The van der Waals surface area contributed by atoms with Gasteiger partial charge >= 0.3 is 0 Å². The third-order valence-electron chi connectivity index (χ3n) is 6.72. The van der Waals surface area contributed by atoms with E-state index >= 15 is 0 Å². The van der Waals surface area contributed by atoms with Crippen LogP contribution in [0.3, 0.4) is 0 Å². The van der Waals surface area contributed by atoms with Crippen molar-refractivity contribution in [2.45, 2.75) is 133 Å². The normalized spacial score (nSPS) is 16.7. The fourth-order valence-electron chi connectivity index (χ4n) is 5.35. The van der Waals surface area contributed by atoms with Crippen LogP contribution in [0.1, 0.15) is 127 Å². The molecule has 0 heterocycles. The largest absolute Gasteiger partial charge is 0.324 e. The van der Waals surface area contributed by atoms with Gasteiger partial charge in [0.05, 0.1) is 0 Å². The van der Waals surface area contributed by atoms with Crippen LogP contribution >= 0.6 is 0 Å². The summed E-state index contributed by atoms with van der Waals surface area (Å²) in [5.74, 6) is 2.40. The van der Waals surface area contributed by atoms with Crippen molar-refractivity contribution in [2.24, 2.45) is 34.3 Å². The van der Waals surface area contributed by atoms with Crippen LogP contribution in [0.15, 0.2) is 12.2 Å². The molecule has 3 atom stereocenters. The summed E-state index contributed by atoms with van der Waals surface area (Å²) in [5.41, 5.74) is 7.01. The summed E-state index contributed by atoms with van der Waals surface area (Å²) in [6.45, 7) is 21.5. The summed E-state index contributed by atoms with van der Waals surface area (Å²) in [6.07, 6.45) is 17.7. The molecule has 1 nitrogen and oxygen atoms in total. The van der Waals surface area contributed by atoms with Gasteiger partial charge in [0.2, 0.25) is 0 Å². The SMILES string of the molecule is CCCC(C)(C)CC(C)(C)CC(/C=C\C(N)CC)CCC(C)CC(CC)CC. The zero-order chi connectivity index (χ0) is 21.8. The number of nitrogens with two attached hydrogens (primary N) is 1. The van der Waals surface area contributed by atoms with Crippen LogP contribution in [0, 0.1) is 28.6 Å². The van der Waals surface area contributed by atoms with Crippen molar-refractivity contribution < 1.29 is 0 Å². The van der Waals surface area contributed by atoms with Crippen molar-refractivity contribution in [3.05, 3.63) is 12.2 Å². The average molecular weight is 394 g/mol. The minimum Gasteiger partial charge on any atom is -0.324 e. The summed E-state index contributed by atoms with van der Waals surface area (Å²) < 4.78 is 0. The molecule has 0 aromatic heterocycles. The Morgan fingerprint density at radius 1 is 0.821 bits per heavy atom. The maximum Gasteiger partial charge on any atom is 0.0221 e. The summed E-state index contributed by atoms with van der Waals surface area (Å²) in [7, 11) is 0. The Hall–Kier alpha value is -0.300. The van der Waals surface area contributed by atoms with E-state index in [0.29, 0.717) is 16.7 Å². The van der Waals surface area contributed by atoms with E-state index in [2.05, 4.69) is 74.5 Å². The molecule has 0 amide bonds. The van der Waals surface area contributed by atoms with Crippen LogP contribution in [0.5, 0.6) is 0 Å². The number of rotatable bonds is 16. The zero-order valence-electron chi connectivity index (χ0n) is 21.1. The summed E-state index contributed by atoms with van der Waals surface area (Å²) in [6, 6.07) is 0.212. The molecule has 0 fully saturated rings. The van der Waals surface area contributed by atoms with E-state index in [-0.39, 0.29) is 6.04 Å². The molecule has 3 unspecified atom stereocenters. The zero-order valence-corrected chi connectivity index (χ0v) is 21.1. The number of allylic oxidation sites excluding steroid dienone is 1. The molecular formula is C27H55N. The molecule has 2 N–H and O–H groups in total. The first-order valence-electron chi connectivity index (χ1n) is 12.4. The first-order chi connectivity index (χ1) is 13.0. The summed E-state index contributed by atoms with van der Waals surface area (Å²) in [4.78, 5) is 0. The highest BCUT2D eigenvalue weighted by molar-refractivity contribution is 4.97. The van der Waals surface area contributed by atoms with Gasteiger partial charge in [-0.05, 0) is 67.1 Å². The lowest BCUT2D eigenvalue weighted by Gasteiger charge is -2.37. The van der Waals surface area contributed by atoms with Gasteiger partial charge in [0.25, 0.3) is 0 Å². The van der Waals surface area contributed by atoms with Crippen LogP contribution in [-0.2, 0) is 0 Å². The molecule has 0 radical (unpaired) electrons. The molecule has 0 saturated carbocycles. The maximum absolute atomic E-state index is 6.20. The quantitative estimate of drug-likeness (QED) is 0.260. The minimum absolute atomic E-state index is 0.212. The molecule has 0 bridgehead atoms. The van der Waals surface area contributed by atoms with Crippen molar-refractivity contribution in [2.75, 3.05) is 0 Å². The molecule has 0 spiro atoms. The van der Waals surface area contributed by atoms with Crippen molar-refractivity contribution in [3.63, 3.8) is 0 Å². The molecule has 1 heteroatoms. The average Bonchev–Trinajstić information content (AvgIpc) is 2.60. The Bertz CT molecular complexity index is 402. The lowest BCUT2D eigenvalue weighted by atomic mass is 9.68. The monoisotopic (exact) mass is 393 g/mol. The van der Waals surface area contributed by atoms with Gasteiger partial charge in [-0.2, -0.15) is 0 Å². The van der Waals surface area contributed by atoms with Crippen LogP contribution in [0.4, 0.5) is 0 Å². The molecule has 0 aliphatic rings. The highest BCUT2D eigenvalue weighted by Crippen LogP contribution is 2.42. The Kier molecular flexibility index (Phi) is 13.7. The Morgan fingerprint density at radius 3 is 1.93 bits per heavy atom. The van der Waals surface area contributed by atoms with Crippen molar-refractivity contribution in [3.8, 4) is 0 Å². The number of hydrogen-bond donors (Lipinski definition) is 1. The predicted octanol–water partition coefficient (Wildman–Crippen LogP) is 8.77. The standard InChI is InChI=1S/C27H55N/c1-10-18-26(6,7)21-27(8,9)20-24(16-17-25(28)13-4)15-14-22(5)19-23(11-2)12-3/h16-17,22-25H,10-15,18-21,28H2,1-9H3/b17-16-. The first kappa shape index (κ1) is 27.7. The van der Waals surface area contributed by atoms with Crippen molar-refractivity contribution in [1.29, 1.82) is 0 Å². The summed E-state index contributed by atoms with van der Waals surface area (Å²) in [5, 5.41) is 0. The predicted molar refractivity (Wildman–Crippen MR) is 130 cm³/mol. The lowest BCUT2D eigenvalue weighted by Crippen LogP contribution is -2.26. The van der Waals surface area contributed by atoms with Gasteiger partial charge in [-0.15, -0.1) is 0 Å². The number of hydrogen-bond acceptors (Lipinski definition) is 1. The van der Waals surface area contributed by atoms with E-state index in [1.54, 1.807) is 0 Å². The third kappa shape index (κ3) is 13.0. The molecule has 0 aromatic rings. The van der Waals surface area contributed by atoms with Gasteiger partial charge in [0, 0.05) is 6.04 Å². The fraction of sp³-hybridized carbons (Fsp3) is 0.926. The van der Waals surface area contributed by atoms with E-state index in [0.717, 1.165) is 18.3 Å². The smallest absolute Gasteiger partial charge is 0.0221 e. The van der Waals surface area contributed by atoms with Crippen LogP contribution in [0.25, 0.3) is 0 Å². The Balaban J connectivity index is 4.98. The second-order valence-corrected chi connectivity index (χ2v) is 11.3.